The molecule has 13 atom stereocenters. The fourth-order valence-electron chi connectivity index (χ4n) is 12.9. The monoisotopic (exact) mass is 557 g/mol. The minimum absolute atomic E-state index is 0.0269. The maximum atomic E-state index is 12.8. The largest absolute Gasteiger partial charge is 0.443 e. The van der Waals surface area contributed by atoms with E-state index in [0.717, 1.165) is 51.6 Å². The van der Waals surface area contributed by atoms with Gasteiger partial charge in [-0.2, -0.15) is 0 Å². The lowest BCUT2D eigenvalue weighted by Gasteiger charge is -2.63. The number of fused-ring (bicyclic) bond motifs is 4. The highest BCUT2D eigenvalue weighted by atomic mass is 16.6. The van der Waals surface area contributed by atoms with Gasteiger partial charge in [-0.05, 0) is 109 Å². The second-order valence-corrected chi connectivity index (χ2v) is 17.0. The summed E-state index contributed by atoms with van der Waals surface area (Å²) < 4.78 is 13.1. The summed E-state index contributed by atoms with van der Waals surface area (Å²) in [7, 11) is 0. The minimum Gasteiger partial charge on any atom is -0.443 e. The first-order chi connectivity index (χ1) is 18.7. The van der Waals surface area contributed by atoms with Crippen molar-refractivity contribution >= 4 is 6.09 Å². The highest BCUT2D eigenvalue weighted by molar-refractivity contribution is 5.68. The SMILES string of the molecule is CC(C)[C@@H](OC(=O)N1CCC1)[C@H]1C[C@@H](C)[C@H]2[C@H](O1)[C@H](O)[C@@]1(C)[C@@H]3CC[C@H]4C(C)(C)[C@@H](O)CC[C@@]45C[C@@]35CC[C@]21C. The Morgan fingerprint density at radius 3 is 2.30 bits per heavy atom. The first kappa shape index (κ1) is 28.0. The van der Waals surface area contributed by atoms with E-state index < -0.39 is 6.10 Å². The van der Waals surface area contributed by atoms with Crippen LogP contribution in [0.5, 0.6) is 0 Å². The summed E-state index contributed by atoms with van der Waals surface area (Å²) in [6.45, 7) is 17.8. The molecule has 2 saturated heterocycles. The number of amides is 1. The Bertz CT molecular complexity index is 1060. The van der Waals surface area contributed by atoms with Gasteiger partial charge in [-0.3, -0.25) is 0 Å². The highest BCUT2D eigenvalue weighted by Crippen LogP contribution is 2.89. The summed E-state index contributed by atoms with van der Waals surface area (Å²) in [4.78, 5) is 14.6. The number of nitrogens with zero attached hydrogens (tertiary/aromatic N) is 1. The van der Waals surface area contributed by atoms with Gasteiger partial charge in [0.25, 0.3) is 0 Å². The van der Waals surface area contributed by atoms with Crippen LogP contribution in [-0.2, 0) is 9.47 Å². The van der Waals surface area contributed by atoms with Gasteiger partial charge in [0, 0.05) is 18.5 Å². The first-order valence-electron chi connectivity index (χ1n) is 16.7. The predicted octanol–water partition coefficient (Wildman–Crippen LogP) is 6.03. The lowest BCUT2D eigenvalue weighted by Crippen LogP contribution is -2.59. The summed E-state index contributed by atoms with van der Waals surface area (Å²) in [6.07, 6.45) is 8.46. The fraction of sp³-hybridized carbons (Fsp3) is 0.971. The number of hydrogen-bond acceptors (Lipinski definition) is 5. The summed E-state index contributed by atoms with van der Waals surface area (Å²) in [5, 5.41) is 23.4. The maximum Gasteiger partial charge on any atom is 0.410 e. The van der Waals surface area contributed by atoms with E-state index in [0.29, 0.717) is 34.5 Å². The molecule has 1 amide bonds. The van der Waals surface area contributed by atoms with Gasteiger partial charge in [0.15, 0.2) is 0 Å². The molecule has 2 heterocycles. The zero-order valence-corrected chi connectivity index (χ0v) is 26.1. The number of carbonyl (C=O) groups is 1. The number of aliphatic hydroxyl groups is 2. The van der Waals surface area contributed by atoms with E-state index in [2.05, 4.69) is 48.5 Å². The third kappa shape index (κ3) is 3.20. The third-order valence-corrected chi connectivity index (χ3v) is 15.2. The van der Waals surface area contributed by atoms with Gasteiger partial charge in [0.2, 0.25) is 0 Å². The van der Waals surface area contributed by atoms with Crippen molar-refractivity contribution in [2.45, 2.75) is 137 Å². The Kier molecular flexibility index (Phi) is 6.02. The molecule has 226 valence electrons. The van der Waals surface area contributed by atoms with Gasteiger partial charge < -0.3 is 24.6 Å². The van der Waals surface area contributed by atoms with Gasteiger partial charge >= 0.3 is 6.09 Å². The number of hydrogen-bond donors (Lipinski definition) is 2. The Hall–Kier alpha value is -0.850. The second kappa shape index (κ2) is 8.62. The Labute approximate surface area is 241 Å². The molecular weight excluding hydrogens is 502 g/mol. The van der Waals surface area contributed by atoms with Gasteiger partial charge in [0.05, 0.1) is 24.4 Å². The van der Waals surface area contributed by atoms with Crippen molar-refractivity contribution in [3.63, 3.8) is 0 Å². The zero-order chi connectivity index (χ0) is 28.6. The molecule has 7 fully saturated rings. The lowest BCUT2D eigenvalue weighted by atomic mass is 9.41. The van der Waals surface area contributed by atoms with Crippen LogP contribution in [0.3, 0.4) is 0 Å². The number of likely N-dealkylation sites (tertiary alicyclic amines) is 1. The van der Waals surface area contributed by atoms with E-state index in [4.69, 9.17) is 9.47 Å². The molecule has 2 aliphatic heterocycles. The van der Waals surface area contributed by atoms with Crippen LogP contribution < -0.4 is 0 Å². The van der Waals surface area contributed by atoms with E-state index in [1.54, 1.807) is 4.90 Å². The van der Waals surface area contributed by atoms with Gasteiger partial charge in [-0.15, -0.1) is 0 Å². The molecule has 0 radical (unpaired) electrons. The zero-order valence-electron chi connectivity index (χ0n) is 26.1. The highest BCUT2D eigenvalue weighted by Gasteiger charge is 2.84. The summed E-state index contributed by atoms with van der Waals surface area (Å²) in [6, 6.07) is 0. The number of carbonyl (C=O) groups excluding carboxylic acids is 1. The lowest BCUT2D eigenvalue weighted by molar-refractivity contribution is -0.185. The van der Waals surface area contributed by atoms with E-state index in [1.165, 1.54) is 19.3 Å². The molecule has 5 saturated carbocycles. The summed E-state index contributed by atoms with van der Waals surface area (Å²) >= 11 is 0. The van der Waals surface area contributed by atoms with E-state index in [9.17, 15) is 15.0 Å². The molecule has 6 heteroatoms. The average molecular weight is 558 g/mol. The van der Waals surface area contributed by atoms with Gasteiger partial charge in [-0.25, -0.2) is 4.79 Å². The van der Waals surface area contributed by atoms with Crippen LogP contribution in [0.15, 0.2) is 0 Å². The molecule has 6 nitrogen and oxygen atoms in total. The number of aliphatic hydroxyl groups excluding tert-OH is 2. The topological polar surface area (TPSA) is 79.2 Å². The molecule has 2 N–H and O–H groups in total. The number of rotatable bonds is 3. The molecule has 0 bridgehead atoms. The standard InChI is InChI=1S/C34H55NO5/c1-19(2)26(40-29(38)35-15-8-16-35)21-17-20(3)25-27(39-21)28(37)32(7)23-10-9-22-30(4,5)24(36)11-12-33(22)18-34(23,33)14-13-31(25,32)6/h19-28,36-37H,8-18H2,1-7H3/t20-,21-,22+,23+,24+,25+,26-,27+,28+,31-,32-,33-,34+/m1/s1. The van der Waals surface area contributed by atoms with Crippen molar-refractivity contribution in [3.8, 4) is 0 Å². The molecule has 2 spiro atoms. The van der Waals surface area contributed by atoms with E-state index in [1.807, 2.05) is 0 Å². The number of ether oxygens (including phenoxy) is 2. The molecule has 7 rings (SSSR count). The summed E-state index contributed by atoms with van der Waals surface area (Å²) in [5.41, 5.74) is 0.464. The van der Waals surface area contributed by atoms with Crippen molar-refractivity contribution in [2.75, 3.05) is 13.1 Å². The van der Waals surface area contributed by atoms with Crippen molar-refractivity contribution in [1.82, 2.24) is 4.90 Å². The molecule has 0 unspecified atom stereocenters. The Balaban J connectivity index is 1.18. The molecule has 0 aromatic heterocycles. The van der Waals surface area contributed by atoms with E-state index in [-0.39, 0.29) is 52.7 Å². The molecule has 0 aromatic rings. The maximum absolute atomic E-state index is 12.8. The van der Waals surface area contributed by atoms with Crippen LogP contribution in [0.4, 0.5) is 4.79 Å². The third-order valence-electron chi connectivity index (χ3n) is 15.2. The normalized spacial score (nSPS) is 54.7. The van der Waals surface area contributed by atoms with Crippen molar-refractivity contribution < 1.29 is 24.5 Å². The molecule has 0 aromatic carbocycles. The molecule has 7 aliphatic rings. The molecule has 5 aliphatic carbocycles. The van der Waals surface area contributed by atoms with Crippen LogP contribution in [0.2, 0.25) is 0 Å². The second-order valence-electron chi connectivity index (χ2n) is 17.0. The van der Waals surface area contributed by atoms with Crippen LogP contribution in [0, 0.1) is 56.7 Å². The quantitative estimate of drug-likeness (QED) is 0.443. The average Bonchev–Trinajstić information content (AvgIpc) is 3.48. The van der Waals surface area contributed by atoms with Crippen molar-refractivity contribution in [3.05, 3.63) is 0 Å². The van der Waals surface area contributed by atoms with Crippen LogP contribution in [0.1, 0.15) is 106 Å². The first-order valence-corrected chi connectivity index (χ1v) is 16.7. The Morgan fingerprint density at radius 1 is 0.975 bits per heavy atom. The van der Waals surface area contributed by atoms with E-state index >= 15 is 0 Å². The van der Waals surface area contributed by atoms with Crippen molar-refractivity contribution in [2.24, 2.45) is 56.7 Å². The smallest absolute Gasteiger partial charge is 0.410 e. The van der Waals surface area contributed by atoms with Crippen LogP contribution in [-0.4, -0.2) is 64.8 Å². The van der Waals surface area contributed by atoms with Gasteiger partial charge in [0.1, 0.15) is 6.10 Å². The fourth-order valence-corrected chi connectivity index (χ4v) is 12.9. The van der Waals surface area contributed by atoms with Crippen LogP contribution in [0.25, 0.3) is 0 Å². The van der Waals surface area contributed by atoms with Crippen molar-refractivity contribution in [1.29, 1.82) is 0 Å². The molecular formula is C34H55NO5. The van der Waals surface area contributed by atoms with Crippen LogP contribution >= 0.6 is 0 Å². The Morgan fingerprint density at radius 2 is 1.65 bits per heavy atom. The van der Waals surface area contributed by atoms with Gasteiger partial charge in [-0.1, -0.05) is 48.5 Å². The summed E-state index contributed by atoms with van der Waals surface area (Å²) in [5.74, 6) is 1.96. The predicted molar refractivity (Wildman–Crippen MR) is 153 cm³/mol. The minimum atomic E-state index is -0.509. The molecule has 40 heavy (non-hydrogen) atoms.